The number of hydrogen-bond acceptors (Lipinski definition) is 5. The highest BCUT2D eigenvalue weighted by molar-refractivity contribution is 7.13. The van der Waals surface area contributed by atoms with Crippen LogP contribution in [0.1, 0.15) is 69.9 Å². The normalized spacial score (nSPS) is 18.6. The van der Waals surface area contributed by atoms with Gasteiger partial charge in [-0.2, -0.15) is 0 Å². The van der Waals surface area contributed by atoms with Gasteiger partial charge >= 0.3 is 6.03 Å². The summed E-state index contributed by atoms with van der Waals surface area (Å²) in [5.41, 5.74) is 1.03. The Kier molecular flexibility index (Phi) is 8.54. The molecular formula is C20H33N5O2S. The molecule has 1 saturated carbocycles. The SMILES string of the molecule is O=C(CCCNC(=O)NC1CCCCC1)Nc1nc(CN2CCCCC2)cs1. The van der Waals surface area contributed by atoms with Gasteiger partial charge in [-0.1, -0.05) is 25.7 Å². The van der Waals surface area contributed by atoms with Gasteiger partial charge in [0.25, 0.3) is 0 Å². The molecule has 0 bridgehead atoms. The van der Waals surface area contributed by atoms with E-state index in [0.29, 0.717) is 30.6 Å². The van der Waals surface area contributed by atoms with Crippen LogP contribution in [0.4, 0.5) is 9.93 Å². The van der Waals surface area contributed by atoms with Crippen molar-refractivity contribution in [3.63, 3.8) is 0 Å². The van der Waals surface area contributed by atoms with Crippen molar-refractivity contribution in [2.45, 2.75) is 76.8 Å². The second-order valence-electron chi connectivity index (χ2n) is 7.87. The van der Waals surface area contributed by atoms with E-state index in [9.17, 15) is 9.59 Å². The fraction of sp³-hybridized carbons (Fsp3) is 0.750. The van der Waals surface area contributed by atoms with E-state index in [-0.39, 0.29) is 11.9 Å². The van der Waals surface area contributed by atoms with E-state index in [1.807, 2.05) is 5.38 Å². The smallest absolute Gasteiger partial charge is 0.315 e. The third-order valence-electron chi connectivity index (χ3n) is 5.44. The lowest BCUT2D eigenvalue weighted by atomic mass is 9.96. The number of thiazole rings is 1. The lowest BCUT2D eigenvalue weighted by Gasteiger charge is -2.25. The third kappa shape index (κ3) is 7.39. The molecule has 156 valence electrons. The highest BCUT2D eigenvalue weighted by atomic mass is 32.1. The Morgan fingerprint density at radius 1 is 1.11 bits per heavy atom. The first-order valence-electron chi connectivity index (χ1n) is 10.7. The number of rotatable bonds is 8. The van der Waals surface area contributed by atoms with Gasteiger partial charge in [-0.05, 0) is 45.2 Å². The summed E-state index contributed by atoms with van der Waals surface area (Å²) in [5.74, 6) is -0.0478. The molecule has 0 unspecified atom stereocenters. The second kappa shape index (κ2) is 11.4. The zero-order valence-electron chi connectivity index (χ0n) is 16.7. The fourth-order valence-electron chi connectivity index (χ4n) is 3.90. The minimum absolute atomic E-state index is 0.0478. The molecule has 28 heavy (non-hydrogen) atoms. The lowest BCUT2D eigenvalue weighted by Crippen LogP contribution is -2.43. The molecule has 1 aromatic heterocycles. The number of carbonyl (C=O) groups excluding carboxylic acids is 2. The van der Waals surface area contributed by atoms with Crippen molar-refractivity contribution in [1.82, 2.24) is 20.5 Å². The molecule has 3 N–H and O–H groups in total. The van der Waals surface area contributed by atoms with Crippen molar-refractivity contribution in [2.24, 2.45) is 0 Å². The van der Waals surface area contributed by atoms with Crippen molar-refractivity contribution in [3.05, 3.63) is 11.1 Å². The number of hydrogen-bond donors (Lipinski definition) is 3. The number of anilines is 1. The molecule has 1 aromatic rings. The molecule has 3 amide bonds. The van der Waals surface area contributed by atoms with E-state index in [0.717, 1.165) is 38.2 Å². The average Bonchev–Trinajstić information content (AvgIpc) is 3.13. The first kappa shape index (κ1) is 21.0. The Balaban J connectivity index is 1.27. The molecule has 3 rings (SSSR count). The van der Waals surface area contributed by atoms with E-state index >= 15 is 0 Å². The van der Waals surface area contributed by atoms with Crippen LogP contribution in [0.25, 0.3) is 0 Å². The summed E-state index contributed by atoms with van der Waals surface area (Å²) in [4.78, 5) is 30.9. The minimum atomic E-state index is -0.116. The predicted molar refractivity (Wildman–Crippen MR) is 113 cm³/mol. The highest BCUT2D eigenvalue weighted by Gasteiger charge is 2.15. The quantitative estimate of drug-likeness (QED) is 0.576. The first-order valence-corrected chi connectivity index (χ1v) is 11.6. The van der Waals surface area contributed by atoms with E-state index < -0.39 is 0 Å². The van der Waals surface area contributed by atoms with E-state index in [1.54, 1.807) is 0 Å². The Morgan fingerprint density at radius 2 is 1.86 bits per heavy atom. The summed E-state index contributed by atoms with van der Waals surface area (Å²) in [5, 5.41) is 11.4. The van der Waals surface area contributed by atoms with Crippen LogP contribution in [0.5, 0.6) is 0 Å². The molecule has 0 aromatic carbocycles. The number of nitrogens with one attached hydrogen (secondary N) is 3. The monoisotopic (exact) mass is 407 g/mol. The molecule has 7 nitrogen and oxygen atoms in total. The van der Waals surface area contributed by atoms with Gasteiger partial charge < -0.3 is 16.0 Å². The van der Waals surface area contributed by atoms with Gasteiger partial charge in [0.05, 0.1) is 5.69 Å². The second-order valence-corrected chi connectivity index (χ2v) is 8.73. The average molecular weight is 408 g/mol. The van der Waals surface area contributed by atoms with E-state index in [4.69, 9.17) is 0 Å². The number of aromatic nitrogens is 1. The molecule has 8 heteroatoms. The van der Waals surface area contributed by atoms with Gasteiger partial charge in [0.1, 0.15) is 0 Å². The largest absolute Gasteiger partial charge is 0.338 e. The fourth-order valence-corrected chi connectivity index (χ4v) is 4.62. The Hall–Kier alpha value is -1.67. The Morgan fingerprint density at radius 3 is 2.64 bits per heavy atom. The summed E-state index contributed by atoms with van der Waals surface area (Å²) in [6.45, 7) is 3.65. The van der Waals surface area contributed by atoms with Crippen LogP contribution in [0.3, 0.4) is 0 Å². The molecule has 2 aliphatic rings. The van der Waals surface area contributed by atoms with Crippen molar-refractivity contribution in [1.29, 1.82) is 0 Å². The summed E-state index contributed by atoms with van der Waals surface area (Å²) in [6, 6.07) is 0.190. The van der Waals surface area contributed by atoms with Crippen LogP contribution in [0.15, 0.2) is 5.38 Å². The van der Waals surface area contributed by atoms with Gasteiger partial charge in [-0.25, -0.2) is 9.78 Å². The van der Waals surface area contributed by atoms with Gasteiger partial charge in [-0.3, -0.25) is 9.69 Å². The number of likely N-dealkylation sites (tertiary alicyclic amines) is 1. The molecule has 1 aliphatic carbocycles. The number of nitrogens with zero attached hydrogens (tertiary/aromatic N) is 2. The van der Waals surface area contributed by atoms with Crippen molar-refractivity contribution < 1.29 is 9.59 Å². The van der Waals surface area contributed by atoms with E-state index in [2.05, 4.69) is 25.8 Å². The number of carbonyl (C=O) groups is 2. The maximum Gasteiger partial charge on any atom is 0.315 e. The molecule has 0 spiro atoms. The molecule has 0 radical (unpaired) electrons. The van der Waals surface area contributed by atoms with Crippen molar-refractivity contribution in [2.75, 3.05) is 25.0 Å². The number of amides is 3. The molecule has 2 fully saturated rings. The predicted octanol–water partition coefficient (Wildman–Crippen LogP) is 3.48. The molecule has 0 atom stereocenters. The number of urea groups is 1. The van der Waals surface area contributed by atoms with Crippen molar-refractivity contribution >= 4 is 28.4 Å². The first-order chi connectivity index (χ1) is 13.7. The Bertz CT molecular complexity index is 624. The maximum absolute atomic E-state index is 12.1. The molecule has 2 heterocycles. The summed E-state index contributed by atoms with van der Waals surface area (Å²) in [6.07, 6.45) is 10.7. The van der Waals surface area contributed by atoms with Gasteiger partial charge in [0, 0.05) is 30.9 Å². The molecule has 1 saturated heterocycles. The molecule has 1 aliphatic heterocycles. The van der Waals surface area contributed by atoms with Crippen LogP contribution in [0, 0.1) is 0 Å². The zero-order chi connectivity index (χ0) is 19.6. The van der Waals surface area contributed by atoms with Gasteiger partial charge in [-0.15, -0.1) is 11.3 Å². The van der Waals surface area contributed by atoms with Crippen LogP contribution in [0.2, 0.25) is 0 Å². The van der Waals surface area contributed by atoms with Crippen LogP contribution in [-0.4, -0.2) is 47.5 Å². The standard InChI is InChI=1S/C20H33N5O2S/c26-18(10-7-11-21-19(27)22-16-8-3-1-4-9-16)24-20-23-17(15-28-20)14-25-12-5-2-6-13-25/h15-16H,1-14H2,(H2,21,22,27)(H,23,24,26). The summed E-state index contributed by atoms with van der Waals surface area (Å²) >= 11 is 1.48. The Labute approximate surface area is 171 Å². The van der Waals surface area contributed by atoms with E-state index in [1.165, 1.54) is 49.9 Å². The maximum atomic E-state index is 12.1. The van der Waals surface area contributed by atoms with Gasteiger partial charge in [0.2, 0.25) is 5.91 Å². The van der Waals surface area contributed by atoms with Crippen molar-refractivity contribution in [3.8, 4) is 0 Å². The van der Waals surface area contributed by atoms with Crippen LogP contribution in [-0.2, 0) is 11.3 Å². The van der Waals surface area contributed by atoms with Gasteiger partial charge in [0.15, 0.2) is 5.13 Å². The van der Waals surface area contributed by atoms with Crippen LogP contribution >= 0.6 is 11.3 Å². The lowest BCUT2D eigenvalue weighted by molar-refractivity contribution is -0.116. The summed E-state index contributed by atoms with van der Waals surface area (Å²) in [7, 11) is 0. The highest BCUT2D eigenvalue weighted by Crippen LogP contribution is 2.19. The molecular weight excluding hydrogens is 374 g/mol. The number of piperidine rings is 1. The topological polar surface area (TPSA) is 86.4 Å². The third-order valence-corrected chi connectivity index (χ3v) is 6.25. The minimum Gasteiger partial charge on any atom is -0.338 e. The van der Waals surface area contributed by atoms with Crippen LogP contribution < -0.4 is 16.0 Å². The summed E-state index contributed by atoms with van der Waals surface area (Å²) < 4.78 is 0. The zero-order valence-corrected chi connectivity index (χ0v) is 17.5.